The predicted octanol–water partition coefficient (Wildman–Crippen LogP) is 2.88. The molecule has 0 radical (unpaired) electrons. The number of amides is 1. The van der Waals surface area contributed by atoms with Crippen LogP contribution in [0.2, 0.25) is 0 Å². The number of benzene rings is 2. The largest absolute Gasteiger partial charge is 0.378 e. The Morgan fingerprint density at radius 1 is 1.00 bits per heavy atom. The second kappa shape index (κ2) is 10.0. The molecule has 152 valence electrons. The fourth-order valence-electron chi connectivity index (χ4n) is 2.61. The highest BCUT2D eigenvalue weighted by Crippen LogP contribution is 2.17. The van der Waals surface area contributed by atoms with Crippen molar-refractivity contribution in [2.45, 2.75) is 17.7 Å². The first-order valence-electron chi connectivity index (χ1n) is 8.95. The van der Waals surface area contributed by atoms with Crippen LogP contribution in [0.25, 0.3) is 0 Å². The van der Waals surface area contributed by atoms with Crippen LogP contribution in [0.4, 0.5) is 5.69 Å². The predicted molar refractivity (Wildman–Crippen MR) is 116 cm³/mol. The third-order valence-corrected chi connectivity index (χ3v) is 6.65. The summed E-state index contributed by atoms with van der Waals surface area (Å²) in [6, 6.07) is 14.6. The number of rotatable bonds is 9. The van der Waals surface area contributed by atoms with Gasteiger partial charge in [0.15, 0.2) is 0 Å². The highest BCUT2D eigenvalue weighted by atomic mass is 79.9. The molecule has 0 saturated heterocycles. The number of halogens is 1. The van der Waals surface area contributed by atoms with E-state index in [-0.39, 0.29) is 17.3 Å². The summed E-state index contributed by atoms with van der Waals surface area (Å²) in [5.74, 6) is -0.314. The summed E-state index contributed by atoms with van der Waals surface area (Å²) in [7, 11) is 1.72. The lowest BCUT2D eigenvalue weighted by Gasteiger charge is -2.17. The highest BCUT2D eigenvalue weighted by molar-refractivity contribution is 9.10. The first-order valence-corrected chi connectivity index (χ1v) is 11.2. The van der Waals surface area contributed by atoms with Crippen LogP contribution in [0.3, 0.4) is 0 Å². The van der Waals surface area contributed by atoms with Gasteiger partial charge in [-0.3, -0.25) is 4.79 Å². The molecule has 0 unspecified atom stereocenters. The fraction of sp³-hybridized carbons (Fsp3) is 0.350. The molecule has 2 rings (SSSR count). The molecule has 0 heterocycles. The summed E-state index contributed by atoms with van der Waals surface area (Å²) in [4.78, 5) is 14.3. The minimum Gasteiger partial charge on any atom is -0.378 e. The van der Waals surface area contributed by atoms with E-state index in [1.54, 1.807) is 12.1 Å². The van der Waals surface area contributed by atoms with E-state index < -0.39 is 10.0 Å². The molecule has 0 saturated carbocycles. The lowest BCUT2D eigenvalue weighted by molar-refractivity contribution is -0.121. The van der Waals surface area contributed by atoms with Crippen molar-refractivity contribution in [2.75, 3.05) is 39.1 Å². The van der Waals surface area contributed by atoms with E-state index in [9.17, 15) is 13.2 Å². The van der Waals surface area contributed by atoms with Gasteiger partial charge in [0.25, 0.3) is 0 Å². The van der Waals surface area contributed by atoms with Gasteiger partial charge in [-0.1, -0.05) is 28.1 Å². The molecule has 8 heteroatoms. The van der Waals surface area contributed by atoms with Crippen molar-refractivity contribution >= 4 is 37.5 Å². The molecule has 0 atom stereocenters. The van der Waals surface area contributed by atoms with E-state index in [2.05, 4.69) is 45.5 Å². The topological polar surface area (TPSA) is 69.7 Å². The van der Waals surface area contributed by atoms with Crippen LogP contribution in [0.15, 0.2) is 57.9 Å². The Balaban J connectivity index is 1.77. The molecule has 0 fully saturated rings. The van der Waals surface area contributed by atoms with Gasteiger partial charge >= 0.3 is 0 Å². The number of hydrogen-bond donors (Lipinski definition) is 1. The molecule has 2 aromatic rings. The van der Waals surface area contributed by atoms with Crippen molar-refractivity contribution in [2.24, 2.45) is 0 Å². The van der Waals surface area contributed by atoms with Crippen LogP contribution in [0.5, 0.6) is 0 Å². The van der Waals surface area contributed by atoms with Gasteiger partial charge in [0.1, 0.15) is 0 Å². The Morgan fingerprint density at radius 3 is 2.18 bits per heavy atom. The number of nitrogens with zero attached hydrogens (tertiary/aromatic N) is 2. The number of sulfonamides is 1. The average Bonchev–Trinajstić information content (AvgIpc) is 2.66. The van der Waals surface area contributed by atoms with E-state index in [4.69, 9.17) is 0 Å². The van der Waals surface area contributed by atoms with Crippen molar-refractivity contribution in [1.29, 1.82) is 0 Å². The standard InChI is InChI=1S/C20H26BrN3O3S/c1-23(2)18-10-6-16(7-11-18)5-4-14-22-20(25)15-24(3)28(26,27)19-12-8-17(21)9-13-19/h6-13H,4-5,14-15H2,1-3H3,(H,22,25). The molecule has 0 spiro atoms. The molecule has 0 aliphatic carbocycles. The molecule has 0 aliphatic rings. The number of likely N-dealkylation sites (N-methyl/N-ethyl adjacent to an activating group) is 1. The molecule has 0 bridgehead atoms. The first-order chi connectivity index (χ1) is 13.2. The maximum Gasteiger partial charge on any atom is 0.243 e. The summed E-state index contributed by atoms with van der Waals surface area (Å²) < 4.78 is 26.8. The zero-order valence-corrected chi connectivity index (χ0v) is 18.8. The monoisotopic (exact) mass is 467 g/mol. The highest BCUT2D eigenvalue weighted by Gasteiger charge is 2.22. The van der Waals surface area contributed by atoms with Gasteiger partial charge in [0.2, 0.25) is 15.9 Å². The minimum atomic E-state index is -3.69. The lowest BCUT2D eigenvalue weighted by Crippen LogP contribution is -2.38. The molecule has 1 amide bonds. The second-order valence-corrected chi connectivity index (χ2v) is 9.69. The molecular weight excluding hydrogens is 442 g/mol. The molecule has 2 aromatic carbocycles. The quantitative estimate of drug-likeness (QED) is 0.575. The van der Waals surface area contributed by atoms with E-state index in [1.165, 1.54) is 24.7 Å². The van der Waals surface area contributed by atoms with Gasteiger partial charge in [-0.25, -0.2) is 8.42 Å². The Kier molecular flexibility index (Phi) is 8.03. The maximum absolute atomic E-state index is 12.5. The summed E-state index contributed by atoms with van der Waals surface area (Å²) in [6.07, 6.45) is 1.64. The number of aryl methyl sites for hydroxylation is 1. The van der Waals surface area contributed by atoms with Crippen LogP contribution in [0.1, 0.15) is 12.0 Å². The van der Waals surface area contributed by atoms with Gasteiger partial charge in [-0.15, -0.1) is 0 Å². The Morgan fingerprint density at radius 2 is 1.61 bits per heavy atom. The normalized spacial score (nSPS) is 11.5. The van der Waals surface area contributed by atoms with Crippen molar-refractivity contribution in [3.8, 4) is 0 Å². The van der Waals surface area contributed by atoms with Gasteiger partial charge in [0.05, 0.1) is 11.4 Å². The van der Waals surface area contributed by atoms with Gasteiger partial charge in [-0.05, 0) is 54.8 Å². The van der Waals surface area contributed by atoms with Crippen molar-refractivity contribution in [1.82, 2.24) is 9.62 Å². The number of anilines is 1. The fourth-order valence-corrected chi connectivity index (χ4v) is 4.00. The molecule has 0 aromatic heterocycles. The van der Waals surface area contributed by atoms with Crippen LogP contribution in [-0.2, 0) is 21.2 Å². The summed E-state index contributed by atoms with van der Waals surface area (Å²) in [6.45, 7) is 0.288. The Bertz CT molecular complexity index is 882. The van der Waals surface area contributed by atoms with E-state index in [1.807, 2.05) is 19.0 Å². The summed E-state index contributed by atoms with van der Waals surface area (Å²) in [5, 5.41) is 2.79. The molecule has 1 N–H and O–H groups in total. The average molecular weight is 468 g/mol. The molecule has 0 aliphatic heterocycles. The summed E-state index contributed by atoms with van der Waals surface area (Å²) >= 11 is 3.28. The van der Waals surface area contributed by atoms with Gasteiger partial charge in [-0.2, -0.15) is 4.31 Å². The van der Waals surface area contributed by atoms with Gasteiger partial charge in [0, 0.05) is 37.8 Å². The number of nitrogens with one attached hydrogen (secondary N) is 1. The van der Waals surface area contributed by atoms with E-state index >= 15 is 0 Å². The number of hydrogen-bond acceptors (Lipinski definition) is 4. The van der Waals surface area contributed by atoms with Crippen LogP contribution < -0.4 is 10.2 Å². The number of carbonyl (C=O) groups excluding carboxylic acids is 1. The minimum absolute atomic E-state index is 0.159. The Hall–Kier alpha value is -1.90. The lowest BCUT2D eigenvalue weighted by atomic mass is 10.1. The SMILES string of the molecule is CN(C)c1ccc(CCCNC(=O)CN(C)S(=O)(=O)c2ccc(Br)cc2)cc1. The zero-order chi connectivity index (χ0) is 20.7. The third kappa shape index (κ3) is 6.32. The summed E-state index contributed by atoms with van der Waals surface area (Å²) in [5.41, 5.74) is 2.35. The molecule has 6 nitrogen and oxygen atoms in total. The van der Waals surface area contributed by atoms with Crippen molar-refractivity contribution in [3.63, 3.8) is 0 Å². The number of carbonyl (C=O) groups is 1. The maximum atomic E-state index is 12.5. The van der Waals surface area contributed by atoms with Crippen LogP contribution >= 0.6 is 15.9 Å². The Labute approximate surface area is 175 Å². The van der Waals surface area contributed by atoms with Crippen LogP contribution in [0, 0.1) is 0 Å². The van der Waals surface area contributed by atoms with Crippen LogP contribution in [-0.4, -0.2) is 52.9 Å². The molecule has 28 heavy (non-hydrogen) atoms. The van der Waals surface area contributed by atoms with E-state index in [0.29, 0.717) is 6.54 Å². The van der Waals surface area contributed by atoms with Crippen molar-refractivity contribution in [3.05, 3.63) is 58.6 Å². The molecular formula is C20H26BrN3O3S. The van der Waals surface area contributed by atoms with E-state index in [0.717, 1.165) is 27.3 Å². The zero-order valence-electron chi connectivity index (χ0n) is 16.4. The van der Waals surface area contributed by atoms with Gasteiger partial charge < -0.3 is 10.2 Å². The smallest absolute Gasteiger partial charge is 0.243 e. The first kappa shape index (κ1) is 22.4. The third-order valence-electron chi connectivity index (χ3n) is 4.31. The second-order valence-electron chi connectivity index (χ2n) is 6.73. The van der Waals surface area contributed by atoms with Crippen molar-refractivity contribution < 1.29 is 13.2 Å².